The zero-order valence-corrected chi connectivity index (χ0v) is 10.9. The van der Waals surface area contributed by atoms with E-state index in [0.717, 1.165) is 5.56 Å². The molecule has 0 radical (unpaired) electrons. The van der Waals surface area contributed by atoms with Gasteiger partial charge in [0.05, 0.1) is 19.5 Å². The Hall–Kier alpha value is -2.41. The van der Waals surface area contributed by atoms with Crippen LogP contribution in [-0.4, -0.2) is 40.9 Å². The molecule has 108 valence electrons. The maximum absolute atomic E-state index is 10.9. The highest BCUT2D eigenvalue weighted by Gasteiger charge is 2.12. The molecule has 0 fully saturated rings. The minimum Gasteiger partial charge on any atom is -0.481 e. The lowest BCUT2D eigenvalue weighted by atomic mass is 10.1. The number of carbonyl (C=O) groups is 3. The highest BCUT2D eigenvalue weighted by molar-refractivity contribution is 5.79. The second kappa shape index (κ2) is 7.25. The summed E-state index contributed by atoms with van der Waals surface area (Å²) >= 11 is 0. The van der Waals surface area contributed by atoms with Crippen molar-refractivity contribution in [2.24, 2.45) is 11.5 Å². The van der Waals surface area contributed by atoms with E-state index >= 15 is 0 Å². The first kappa shape index (κ1) is 15.6. The third-order valence-electron chi connectivity index (χ3n) is 2.54. The van der Waals surface area contributed by atoms with E-state index in [2.05, 4.69) is 0 Å². The van der Waals surface area contributed by atoms with Gasteiger partial charge in [-0.3, -0.25) is 19.3 Å². The van der Waals surface area contributed by atoms with Crippen LogP contribution in [0, 0.1) is 0 Å². The van der Waals surface area contributed by atoms with Crippen molar-refractivity contribution in [1.29, 1.82) is 0 Å². The van der Waals surface area contributed by atoms with Gasteiger partial charge < -0.3 is 16.6 Å². The van der Waals surface area contributed by atoms with Crippen LogP contribution in [0.2, 0.25) is 0 Å². The number of hydrogen-bond acceptors (Lipinski definition) is 4. The van der Waals surface area contributed by atoms with Gasteiger partial charge in [0.15, 0.2) is 0 Å². The van der Waals surface area contributed by atoms with Crippen LogP contribution in [0.1, 0.15) is 11.1 Å². The largest absolute Gasteiger partial charge is 0.481 e. The second-order valence-electron chi connectivity index (χ2n) is 4.46. The van der Waals surface area contributed by atoms with E-state index in [-0.39, 0.29) is 19.5 Å². The fourth-order valence-electron chi connectivity index (χ4n) is 1.80. The maximum atomic E-state index is 10.9. The van der Waals surface area contributed by atoms with Gasteiger partial charge >= 0.3 is 5.97 Å². The zero-order valence-electron chi connectivity index (χ0n) is 10.9. The fraction of sp³-hybridized carbons (Fsp3) is 0.308. The van der Waals surface area contributed by atoms with Gasteiger partial charge in [-0.1, -0.05) is 24.3 Å². The van der Waals surface area contributed by atoms with E-state index in [4.69, 9.17) is 16.6 Å². The average Bonchev–Trinajstić information content (AvgIpc) is 2.29. The molecule has 0 heterocycles. The molecule has 5 N–H and O–H groups in total. The molecule has 0 aromatic heterocycles. The van der Waals surface area contributed by atoms with Crippen molar-refractivity contribution in [2.75, 3.05) is 13.1 Å². The molecule has 1 aromatic rings. The normalized spacial score (nSPS) is 10.4. The minimum absolute atomic E-state index is 0.0490. The van der Waals surface area contributed by atoms with Crippen molar-refractivity contribution in [3.8, 4) is 0 Å². The van der Waals surface area contributed by atoms with Gasteiger partial charge in [0.25, 0.3) is 0 Å². The first-order chi connectivity index (χ1) is 9.36. The minimum atomic E-state index is -0.901. The van der Waals surface area contributed by atoms with E-state index in [1.165, 1.54) is 4.90 Å². The lowest BCUT2D eigenvalue weighted by molar-refractivity contribution is -0.136. The Kier molecular flexibility index (Phi) is 5.67. The lowest BCUT2D eigenvalue weighted by Crippen LogP contribution is -2.39. The fourth-order valence-corrected chi connectivity index (χ4v) is 1.80. The molecule has 0 spiro atoms. The molecule has 1 aromatic carbocycles. The van der Waals surface area contributed by atoms with Crippen molar-refractivity contribution < 1.29 is 19.5 Å². The number of primary amides is 2. The van der Waals surface area contributed by atoms with Crippen molar-refractivity contribution in [2.45, 2.75) is 13.0 Å². The van der Waals surface area contributed by atoms with Crippen LogP contribution < -0.4 is 11.5 Å². The van der Waals surface area contributed by atoms with Crippen molar-refractivity contribution in [1.82, 2.24) is 4.90 Å². The topological polar surface area (TPSA) is 127 Å². The smallest absolute Gasteiger partial charge is 0.307 e. The van der Waals surface area contributed by atoms with Gasteiger partial charge in [-0.15, -0.1) is 0 Å². The summed E-state index contributed by atoms with van der Waals surface area (Å²) in [6.07, 6.45) is -0.0490. The molecule has 7 heteroatoms. The number of rotatable bonds is 8. The third-order valence-corrected chi connectivity index (χ3v) is 2.54. The molecule has 0 atom stereocenters. The van der Waals surface area contributed by atoms with Crippen LogP contribution in [0.5, 0.6) is 0 Å². The molecule has 7 nitrogen and oxygen atoms in total. The Morgan fingerprint density at radius 3 is 1.80 bits per heavy atom. The Morgan fingerprint density at radius 1 is 0.950 bits per heavy atom. The quantitative estimate of drug-likeness (QED) is 0.567. The van der Waals surface area contributed by atoms with E-state index in [0.29, 0.717) is 12.1 Å². The van der Waals surface area contributed by atoms with E-state index in [9.17, 15) is 14.4 Å². The van der Waals surface area contributed by atoms with Crippen molar-refractivity contribution >= 4 is 17.8 Å². The molecule has 0 bridgehead atoms. The third kappa shape index (κ3) is 5.96. The summed E-state index contributed by atoms with van der Waals surface area (Å²) in [5, 5.41) is 8.67. The Labute approximate surface area is 116 Å². The number of nitrogens with zero attached hydrogens (tertiary/aromatic N) is 1. The highest BCUT2D eigenvalue weighted by Crippen LogP contribution is 2.08. The van der Waals surface area contributed by atoms with Crippen molar-refractivity contribution in [3.63, 3.8) is 0 Å². The molecular weight excluding hydrogens is 262 g/mol. The molecule has 0 saturated heterocycles. The Balaban J connectivity index is 2.69. The van der Waals surface area contributed by atoms with Gasteiger partial charge in [0.1, 0.15) is 0 Å². The molecule has 0 aliphatic carbocycles. The van der Waals surface area contributed by atoms with Crippen LogP contribution in [0.15, 0.2) is 24.3 Å². The van der Waals surface area contributed by atoms with E-state index in [1.807, 2.05) is 0 Å². The summed E-state index contributed by atoms with van der Waals surface area (Å²) in [5.74, 6) is -2.00. The van der Waals surface area contributed by atoms with E-state index < -0.39 is 17.8 Å². The molecule has 1 rings (SSSR count). The molecule has 2 amide bonds. The number of amides is 2. The van der Waals surface area contributed by atoms with Gasteiger partial charge in [0, 0.05) is 6.54 Å². The summed E-state index contributed by atoms with van der Waals surface area (Å²) in [7, 11) is 0. The zero-order chi connectivity index (χ0) is 15.1. The number of carboxylic acid groups (broad SMARTS) is 1. The van der Waals surface area contributed by atoms with Gasteiger partial charge in [-0.2, -0.15) is 0 Å². The molecule has 0 unspecified atom stereocenters. The number of aliphatic carboxylic acids is 1. The predicted molar refractivity (Wildman–Crippen MR) is 71.4 cm³/mol. The number of nitrogens with two attached hydrogens (primary N) is 2. The lowest BCUT2D eigenvalue weighted by Gasteiger charge is -2.19. The SMILES string of the molecule is NC(=O)CN(CC(N)=O)Cc1ccc(CC(=O)O)cc1. The molecular formula is C13H17N3O4. The molecule has 0 saturated carbocycles. The second-order valence-corrected chi connectivity index (χ2v) is 4.46. The van der Waals surface area contributed by atoms with E-state index in [1.54, 1.807) is 24.3 Å². The monoisotopic (exact) mass is 279 g/mol. The summed E-state index contributed by atoms with van der Waals surface area (Å²) in [4.78, 5) is 33.9. The summed E-state index contributed by atoms with van der Waals surface area (Å²) < 4.78 is 0. The van der Waals surface area contributed by atoms with Gasteiger partial charge in [0.2, 0.25) is 11.8 Å². The first-order valence-corrected chi connectivity index (χ1v) is 5.95. The standard InChI is InChI=1S/C13H17N3O4/c14-11(17)7-16(8-12(15)18)6-10-3-1-9(2-4-10)5-13(19)20/h1-4H,5-8H2,(H2,14,17)(H2,15,18)(H,19,20). The van der Waals surface area contributed by atoms with Crippen molar-refractivity contribution in [3.05, 3.63) is 35.4 Å². The van der Waals surface area contributed by atoms with Crippen LogP contribution in [0.25, 0.3) is 0 Å². The van der Waals surface area contributed by atoms with Crippen LogP contribution >= 0.6 is 0 Å². The summed E-state index contributed by atoms with van der Waals surface area (Å²) in [5.41, 5.74) is 11.7. The molecule has 20 heavy (non-hydrogen) atoms. The Morgan fingerprint density at radius 2 is 1.40 bits per heavy atom. The summed E-state index contributed by atoms with van der Waals surface area (Å²) in [6.45, 7) is 0.193. The number of carboxylic acids is 1. The maximum Gasteiger partial charge on any atom is 0.307 e. The summed E-state index contributed by atoms with van der Waals surface area (Å²) in [6, 6.07) is 6.87. The van der Waals surface area contributed by atoms with Crippen LogP contribution in [0.4, 0.5) is 0 Å². The Bertz CT molecular complexity index is 483. The van der Waals surface area contributed by atoms with Gasteiger partial charge in [-0.05, 0) is 11.1 Å². The molecule has 0 aliphatic heterocycles. The van der Waals surface area contributed by atoms with Crippen LogP contribution in [-0.2, 0) is 27.3 Å². The predicted octanol–water partition coefficient (Wildman–Crippen LogP) is -0.914. The van der Waals surface area contributed by atoms with Gasteiger partial charge in [-0.25, -0.2) is 0 Å². The first-order valence-electron chi connectivity index (χ1n) is 5.95. The number of benzene rings is 1. The molecule has 0 aliphatic rings. The number of carbonyl (C=O) groups excluding carboxylic acids is 2. The number of hydrogen-bond donors (Lipinski definition) is 3. The average molecular weight is 279 g/mol. The van der Waals surface area contributed by atoms with Crippen LogP contribution in [0.3, 0.4) is 0 Å². The highest BCUT2D eigenvalue weighted by atomic mass is 16.4.